The number of unbranched alkanes of at least 4 members (excludes halogenated alkanes) is 1. The molecule has 0 aliphatic carbocycles. The third-order valence-corrected chi connectivity index (χ3v) is 3.38. The van der Waals surface area contributed by atoms with Gasteiger partial charge in [0.15, 0.2) is 0 Å². The van der Waals surface area contributed by atoms with Crippen molar-refractivity contribution in [3.8, 4) is 11.3 Å². The van der Waals surface area contributed by atoms with Crippen LogP contribution in [0, 0.1) is 0 Å². The summed E-state index contributed by atoms with van der Waals surface area (Å²) in [6.45, 7) is 2.14. The van der Waals surface area contributed by atoms with E-state index in [2.05, 4.69) is 6.92 Å². The molecule has 0 spiro atoms. The first-order valence-corrected chi connectivity index (χ1v) is 6.89. The van der Waals surface area contributed by atoms with E-state index in [-0.39, 0.29) is 5.43 Å². The Balaban J connectivity index is 2.04. The minimum atomic E-state index is -0.0526. The summed E-state index contributed by atoms with van der Waals surface area (Å²) >= 11 is 0. The van der Waals surface area contributed by atoms with Crippen LogP contribution in [0.25, 0.3) is 22.3 Å². The lowest BCUT2D eigenvalue weighted by Gasteiger charge is -1.99. The Morgan fingerprint density at radius 1 is 1.10 bits per heavy atom. The van der Waals surface area contributed by atoms with E-state index in [9.17, 15) is 4.79 Å². The molecule has 102 valence electrons. The van der Waals surface area contributed by atoms with Crippen LogP contribution >= 0.6 is 0 Å². The average Bonchev–Trinajstić information content (AvgIpc) is 2.94. The van der Waals surface area contributed by atoms with Gasteiger partial charge in [-0.15, -0.1) is 0 Å². The summed E-state index contributed by atoms with van der Waals surface area (Å²) in [4.78, 5) is 12.4. The molecule has 3 heteroatoms. The van der Waals surface area contributed by atoms with Crippen molar-refractivity contribution in [3.05, 3.63) is 58.6 Å². The summed E-state index contributed by atoms with van der Waals surface area (Å²) in [7, 11) is 0. The van der Waals surface area contributed by atoms with E-state index in [1.807, 2.05) is 24.3 Å². The first-order chi connectivity index (χ1) is 9.79. The summed E-state index contributed by atoms with van der Waals surface area (Å²) in [5, 5.41) is 0.580. The quantitative estimate of drug-likeness (QED) is 0.704. The SMILES string of the molecule is CCCCc1ccc(-c2coc3ccccc3c2=O)o1. The molecule has 0 aliphatic rings. The summed E-state index contributed by atoms with van der Waals surface area (Å²) in [5.41, 5.74) is 1.02. The Bertz CT molecular complexity index is 780. The molecule has 0 radical (unpaired) electrons. The molecule has 0 fully saturated rings. The Kier molecular flexibility index (Phi) is 3.42. The molecule has 0 saturated heterocycles. The van der Waals surface area contributed by atoms with Gasteiger partial charge >= 0.3 is 0 Å². The molecule has 0 saturated carbocycles. The highest BCUT2D eigenvalue weighted by Gasteiger charge is 2.12. The summed E-state index contributed by atoms with van der Waals surface area (Å²) in [5.74, 6) is 1.49. The number of benzene rings is 1. The van der Waals surface area contributed by atoms with Gasteiger partial charge in [-0.25, -0.2) is 0 Å². The number of furan rings is 1. The van der Waals surface area contributed by atoms with Gasteiger partial charge in [0, 0.05) is 6.42 Å². The van der Waals surface area contributed by atoms with Gasteiger partial charge in [-0.05, 0) is 30.7 Å². The van der Waals surface area contributed by atoms with E-state index >= 15 is 0 Å². The van der Waals surface area contributed by atoms with Crippen molar-refractivity contribution in [2.24, 2.45) is 0 Å². The van der Waals surface area contributed by atoms with Gasteiger partial charge in [0.05, 0.1) is 5.39 Å². The molecular formula is C17H16O3. The second-order valence-corrected chi connectivity index (χ2v) is 4.84. The third-order valence-electron chi connectivity index (χ3n) is 3.38. The van der Waals surface area contributed by atoms with Crippen LogP contribution in [0.3, 0.4) is 0 Å². The van der Waals surface area contributed by atoms with Crippen LogP contribution in [0.2, 0.25) is 0 Å². The Morgan fingerprint density at radius 2 is 1.95 bits per heavy atom. The van der Waals surface area contributed by atoms with Gasteiger partial charge in [0.1, 0.15) is 28.9 Å². The zero-order valence-corrected chi connectivity index (χ0v) is 11.4. The third kappa shape index (κ3) is 2.27. The zero-order valence-electron chi connectivity index (χ0n) is 11.4. The standard InChI is InChI=1S/C17H16O3/c1-2-3-6-12-9-10-16(20-12)14-11-19-15-8-5-4-7-13(15)17(14)18/h4-5,7-11H,2-3,6H2,1H3. The van der Waals surface area contributed by atoms with E-state index < -0.39 is 0 Å². The van der Waals surface area contributed by atoms with Crippen LogP contribution in [-0.2, 0) is 6.42 Å². The fourth-order valence-corrected chi connectivity index (χ4v) is 2.26. The molecule has 2 aromatic heterocycles. The van der Waals surface area contributed by atoms with Gasteiger partial charge in [-0.1, -0.05) is 25.5 Å². The second-order valence-electron chi connectivity index (χ2n) is 4.84. The average molecular weight is 268 g/mol. The Morgan fingerprint density at radius 3 is 2.80 bits per heavy atom. The molecular weight excluding hydrogens is 252 g/mol. The van der Waals surface area contributed by atoms with E-state index in [1.54, 1.807) is 12.1 Å². The van der Waals surface area contributed by atoms with Crippen molar-refractivity contribution in [2.75, 3.05) is 0 Å². The summed E-state index contributed by atoms with van der Waals surface area (Å²) in [6, 6.07) is 11.0. The number of rotatable bonds is 4. The molecule has 0 atom stereocenters. The van der Waals surface area contributed by atoms with Crippen LogP contribution in [0.15, 0.2) is 56.3 Å². The molecule has 3 nitrogen and oxygen atoms in total. The van der Waals surface area contributed by atoms with Crippen LogP contribution in [-0.4, -0.2) is 0 Å². The molecule has 1 aromatic carbocycles. The van der Waals surface area contributed by atoms with Crippen molar-refractivity contribution in [1.29, 1.82) is 0 Å². The highest BCUT2D eigenvalue weighted by atomic mass is 16.3. The topological polar surface area (TPSA) is 43.4 Å². The van der Waals surface area contributed by atoms with Gasteiger partial charge in [-0.2, -0.15) is 0 Å². The number of para-hydroxylation sites is 1. The normalized spacial score (nSPS) is 11.1. The molecule has 0 aliphatic heterocycles. The van der Waals surface area contributed by atoms with Gasteiger partial charge in [-0.3, -0.25) is 4.79 Å². The first-order valence-electron chi connectivity index (χ1n) is 6.89. The van der Waals surface area contributed by atoms with E-state index in [4.69, 9.17) is 8.83 Å². The summed E-state index contributed by atoms with van der Waals surface area (Å²) < 4.78 is 11.2. The van der Waals surface area contributed by atoms with Gasteiger partial charge < -0.3 is 8.83 Å². The van der Waals surface area contributed by atoms with Crippen molar-refractivity contribution in [1.82, 2.24) is 0 Å². The minimum Gasteiger partial charge on any atom is -0.463 e. The van der Waals surface area contributed by atoms with E-state index in [1.165, 1.54) is 6.26 Å². The van der Waals surface area contributed by atoms with E-state index in [0.717, 1.165) is 25.0 Å². The monoisotopic (exact) mass is 268 g/mol. The largest absolute Gasteiger partial charge is 0.463 e. The van der Waals surface area contributed by atoms with Crippen LogP contribution < -0.4 is 5.43 Å². The maximum Gasteiger partial charge on any atom is 0.203 e. The van der Waals surface area contributed by atoms with Crippen LogP contribution in [0.1, 0.15) is 25.5 Å². The highest BCUT2D eigenvalue weighted by molar-refractivity contribution is 5.80. The molecule has 0 bridgehead atoms. The van der Waals surface area contributed by atoms with Crippen molar-refractivity contribution in [2.45, 2.75) is 26.2 Å². The number of fused-ring (bicyclic) bond motifs is 1. The maximum atomic E-state index is 12.4. The zero-order chi connectivity index (χ0) is 13.9. The van der Waals surface area contributed by atoms with Crippen molar-refractivity contribution < 1.29 is 8.83 Å². The molecule has 0 N–H and O–H groups in total. The Hall–Kier alpha value is -2.29. The molecule has 3 rings (SSSR count). The minimum absolute atomic E-state index is 0.0526. The highest BCUT2D eigenvalue weighted by Crippen LogP contribution is 2.22. The maximum absolute atomic E-state index is 12.4. The summed E-state index contributed by atoms with van der Waals surface area (Å²) in [6.07, 6.45) is 4.58. The predicted molar refractivity (Wildman–Crippen MR) is 78.8 cm³/mol. The lowest BCUT2D eigenvalue weighted by atomic mass is 10.1. The van der Waals surface area contributed by atoms with Gasteiger partial charge in [0.25, 0.3) is 0 Å². The number of hydrogen-bond acceptors (Lipinski definition) is 3. The van der Waals surface area contributed by atoms with Crippen molar-refractivity contribution >= 4 is 11.0 Å². The van der Waals surface area contributed by atoms with Crippen LogP contribution in [0.5, 0.6) is 0 Å². The first kappa shape index (κ1) is 12.7. The second kappa shape index (κ2) is 5.37. The lowest BCUT2D eigenvalue weighted by molar-refractivity contribution is 0.509. The fraction of sp³-hybridized carbons (Fsp3) is 0.235. The number of hydrogen-bond donors (Lipinski definition) is 0. The molecule has 3 aromatic rings. The smallest absolute Gasteiger partial charge is 0.203 e. The molecule has 0 amide bonds. The van der Waals surface area contributed by atoms with E-state index in [0.29, 0.717) is 22.3 Å². The van der Waals surface area contributed by atoms with Gasteiger partial charge in [0.2, 0.25) is 5.43 Å². The molecule has 0 unspecified atom stereocenters. The molecule has 20 heavy (non-hydrogen) atoms. The van der Waals surface area contributed by atoms with Crippen LogP contribution in [0.4, 0.5) is 0 Å². The predicted octanol–water partition coefficient (Wildman–Crippen LogP) is 4.40. The van der Waals surface area contributed by atoms with Crippen molar-refractivity contribution in [3.63, 3.8) is 0 Å². The lowest BCUT2D eigenvalue weighted by Crippen LogP contribution is -2.03. The number of aryl methyl sites for hydroxylation is 1. The fourth-order valence-electron chi connectivity index (χ4n) is 2.26. The Labute approximate surface area is 116 Å². The molecule has 2 heterocycles.